The van der Waals surface area contributed by atoms with Crippen LogP contribution >= 0.6 is 24.8 Å². The number of benzene rings is 2. The first-order chi connectivity index (χ1) is 14.3. The summed E-state index contributed by atoms with van der Waals surface area (Å²) in [5.74, 6) is 1.14. The molecule has 0 bridgehead atoms. The summed E-state index contributed by atoms with van der Waals surface area (Å²) in [5, 5.41) is 4.66. The van der Waals surface area contributed by atoms with E-state index in [-0.39, 0.29) is 36.2 Å². The Bertz CT molecular complexity index is 1160. The summed E-state index contributed by atoms with van der Waals surface area (Å²) in [6.45, 7) is 1.51. The molecule has 172 valence electrons. The van der Waals surface area contributed by atoms with E-state index in [2.05, 4.69) is 20.2 Å². The van der Waals surface area contributed by atoms with E-state index in [1.807, 2.05) is 38.4 Å². The van der Waals surface area contributed by atoms with Gasteiger partial charge in [0, 0.05) is 17.3 Å². The Labute approximate surface area is 195 Å². The SMILES string of the molecule is CN(C)CCCNc1nc(-c2cc3ccccc3o2)nc2cc(C(F)(F)F)ccc12.Cl.Cl. The summed E-state index contributed by atoms with van der Waals surface area (Å²) in [4.78, 5) is 11.0. The molecule has 32 heavy (non-hydrogen) atoms. The van der Waals surface area contributed by atoms with Crippen LogP contribution in [0.15, 0.2) is 52.9 Å². The maximum atomic E-state index is 13.2. The van der Waals surface area contributed by atoms with Crippen LogP contribution in [0.25, 0.3) is 33.5 Å². The van der Waals surface area contributed by atoms with Crippen molar-refractivity contribution in [3.63, 3.8) is 0 Å². The molecule has 5 nitrogen and oxygen atoms in total. The van der Waals surface area contributed by atoms with Crippen LogP contribution in [0.3, 0.4) is 0 Å². The van der Waals surface area contributed by atoms with Crippen LogP contribution in [-0.2, 0) is 6.18 Å². The zero-order valence-electron chi connectivity index (χ0n) is 17.4. The number of fused-ring (bicyclic) bond motifs is 2. The van der Waals surface area contributed by atoms with Crippen LogP contribution in [0, 0.1) is 0 Å². The minimum Gasteiger partial charge on any atom is -0.453 e. The quantitative estimate of drug-likeness (QED) is 0.325. The minimum absolute atomic E-state index is 0. The Balaban J connectivity index is 0.00000181. The van der Waals surface area contributed by atoms with Crippen molar-refractivity contribution in [3.05, 3.63) is 54.1 Å². The number of rotatable bonds is 6. The van der Waals surface area contributed by atoms with Gasteiger partial charge in [0.15, 0.2) is 11.6 Å². The topological polar surface area (TPSA) is 54.2 Å². The van der Waals surface area contributed by atoms with Crippen molar-refractivity contribution in [2.24, 2.45) is 0 Å². The second-order valence-electron chi connectivity index (χ2n) is 7.36. The standard InChI is InChI=1S/C22H21F3N4O.2ClH/c1-29(2)11-5-10-26-20-16-9-8-15(22(23,24)25)13-17(16)27-21(28-20)19-12-14-6-3-4-7-18(14)30-19;;/h3-4,6-9,12-13H,5,10-11H2,1-2H3,(H,26,27,28);2*1H. The van der Waals surface area contributed by atoms with E-state index in [0.29, 0.717) is 29.1 Å². The first kappa shape index (κ1) is 25.7. The number of nitrogens with one attached hydrogen (secondary N) is 1. The fraction of sp³-hybridized carbons (Fsp3) is 0.273. The van der Waals surface area contributed by atoms with Crippen LogP contribution < -0.4 is 5.32 Å². The van der Waals surface area contributed by atoms with E-state index in [4.69, 9.17) is 4.42 Å². The van der Waals surface area contributed by atoms with Gasteiger partial charge in [-0.1, -0.05) is 18.2 Å². The van der Waals surface area contributed by atoms with E-state index in [9.17, 15) is 13.2 Å². The molecule has 0 fully saturated rings. The van der Waals surface area contributed by atoms with Gasteiger partial charge in [-0.3, -0.25) is 0 Å². The molecule has 1 N–H and O–H groups in total. The lowest BCUT2D eigenvalue weighted by molar-refractivity contribution is -0.137. The minimum atomic E-state index is -4.45. The first-order valence-corrected chi connectivity index (χ1v) is 9.58. The molecule has 0 amide bonds. The van der Waals surface area contributed by atoms with Crippen molar-refractivity contribution >= 4 is 52.5 Å². The highest BCUT2D eigenvalue weighted by molar-refractivity contribution is 5.91. The molecule has 0 saturated heterocycles. The summed E-state index contributed by atoms with van der Waals surface area (Å²) < 4.78 is 45.5. The average Bonchev–Trinajstić information content (AvgIpc) is 3.14. The zero-order valence-corrected chi connectivity index (χ0v) is 19.1. The van der Waals surface area contributed by atoms with E-state index in [0.717, 1.165) is 30.5 Å². The molecule has 0 radical (unpaired) electrons. The van der Waals surface area contributed by atoms with E-state index >= 15 is 0 Å². The number of aromatic nitrogens is 2. The number of anilines is 1. The first-order valence-electron chi connectivity index (χ1n) is 9.58. The van der Waals surface area contributed by atoms with Crippen molar-refractivity contribution in [1.29, 1.82) is 0 Å². The highest BCUT2D eigenvalue weighted by Gasteiger charge is 2.31. The van der Waals surface area contributed by atoms with Gasteiger partial charge >= 0.3 is 6.18 Å². The summed E-state index contributed by atoms with van der Waals surface area (Å²) in [7, 11) is 3.97. The van der Waals surface area contributed by atoms with E-state index in [1.165, 1.54) is 6.07 Å². The smallest absolute Gasteiger partial charge is 0.416 e. The predicted molar refractivity (Wildman–Crippen MR) is 126 cm³/mol. The Hall–Kier alpha value is -2.55. The van der Waals surface area contributed by atoms with Gasteiger partial charge in [0.05, 0.1) is 11.1 Å². The van der Waals surface area contributed by atoms with Gasteiger partial charge in [-0.05, 0) is 57.4 Å². The number of hydrogen-bond acceptors (Lipinski definition) is 5. The van der Waals surface area contributed by atoms with Gasteiger partial charge in [-0.15, -0.1) is 24.8 Å². The normalized spacial score (nSPS) is 11.4. The van der Waals surface area contributed by atoms with Crippen molar-refractivity contribution in [2.75, 3.05) is 32.5 Å². The molecule has 0 atom stereocenters. The number of para-hydroxylation sites is 1. The predicted octanol–water partition coefficient (Wildman–Crippen LogP) is 6.27. The van der Waals surface area contributed by atoms with Gasteiger partial charge in [-0.25, -0.2) is 9.97 Å². The second-order valence-corrected chi connectivity index (χ2v) is 7.36. The highest BCUT2D eigenvalue weighted by atomic mass is 35.5. The number of alkyl halides is 3. The Morgan fingerprint density at radius 2 is 1.75 bits per heavy atom. The molecule has 0 aliphatic rings. The van der Waals surface area contributed by atoms with Gasteiger partial charge in [0.2, 0.25) is 0 Å². The molecule has 0 aliphatic carbocycles. The van der Waals surface area contributed by atoms with Crippen LogP contribution in [-0.4, -0.2) is 42.1 Å². The monoisotopic (exact) mass is 486 g/mol. The Morgan fingerprint density at radius 1 is 1.00 bits per heavy atom. The zero-order chi connectivity index (χ0) is 21.3. The number of furan rings is 1. The van der Waals surface area contributed by atoms with Crippen LogP contribution in [0.1, 0.15) is 12.0 Å². The maximum Gasteiger partial charge on any atom is 0.416 e. The third kappa shape index (κ3) is 5.62. The summed E-state index contributed by atoms with van der Waals surface area (Å²) in [6, 6.07) is 12.8. The van der Waals surface area contributed by atoms with Crippen molar-refractivity contribution in [2.45, 2.75) is 12.6 Å². The molecule has 0 spiro atoms. The average molecular weight is 487 g/mol. The lowest BCUT2D eigenvalue weighted by Gasteiger charge is -2.13. The number of hydrogen-bond donors (Lipinski definition) is 1. The fourth-order valence-electron chi connectivity index (χ4n) is 3.25. The maximum absolute atomic E-state index is 13.2. The van der Waals surface area contributed by atoms with Gasteiger partial charge in [-0.2, -0.15) is 13.2 Å². The molecule has 2 aromatic carbocycles. The van der Waals surface area contributed by atoms with Crippen molar-refractivity contribution < 1.29 is 17.6 Å². The Kier molecular flexibility index (Phi) is 8.34. The molecular formula is C22H23Cl2F3N4O. The van der Waals surface area contributed by atoms with E-state index < -0.39 is 11.7 Å². The Morgan fingerprint density at radius 3 is 2.44 bits per heavy atom. The third-order valence-corrected chi connectivity index (χ3v) is 4.74. The molecule has 2 heterocycles. The molecule has 4 aromatic rings. The molecule has 4 rings (SSSR count). The number of nitrogens with zero attached hydrogens (tertiary/aromatic N) is 3. The molecule has 0 unspecified atom stereocenters. The van der Waals surface area contributed by atoms with Crippen molar-refractivity contribution in [3.8, 4) is 11.6 Å². The molecular weight excluding hydrogens is 464 g/mol. The van der Waals surface area contributed by atoms with Gasteiger partial charge in [0.25, 0.3) is 0 Å². The molecule has 2 aromatic heterocycles. The lowest BCUT2D eigenvalue weighted by atomic mass is 10.1. The van der Waals surface area contributed by atoms with Gasteiger partial charge in [0.1, 0.15) is 11.4 Å². The lowest BCUT2D eigenvalue weighted by Crippen LogP contribution is -2.17. The third-order valence-electron chi connectivity index (χ3n) is 4.74. The summed E-state index contributed by atoms with van der Waals surface area (Å²) in [5.41, 5.74) is 0.133. The van der Waals surface area contributed by atoms with Crippen LogP contribution in [0.2, 0.25) is 0 Å². The second kappa shape index (κ2) is 10.4. The fourth-order valence-corrected chi connectivity index (χ4v) is 3.25. The molecule has 10 heteroatoms. The molecule has 0 aliphatic heterocycles. The van der Waals surface area contributed by atoms with Crippen LogP contribution in [0.4, 0.5) is 19.0 Å². The molecule has 0 saturated carbocycles. The highest BCUT2D eigenvalue weighted by Crippen LogP contribution is 2.34. The van der Waals surface area contributed by atoms with Crippen LogP contribution in [0.5, 0.6) is 0 Å². The van der Waals surface area contributed by atoms with Gasteiger partial charge < -0.3 is 14.6 Å². The van der Waals surface area contributed by atoms with E-state index in [1.54, 1.807) is 6.07 Å². The van der Waals surface area contributed by atoms with Crippen molar-refractivity contribution in [1.82, 2.24) is 14.9 Å². The largest absolute Gasteiger partial charge is 0.453 e. The summed E-state index contributed by atoms with van der Waals surface area (Å²) >= 11 is 0. The summed E-state index contributed by atoms with van der Waals surface area (Å²) in [6.07, 6.45) is -3.59. The number of halogens is 5.